The minimum Gasteiger partial charge on any atom is -0.756 e. The molecule has 0 aromatic heterocycles. The minimum atomic E-state index is -4.53. The lowest BCUT2D eigenvalue weighted by Crippen LogP contribution is -2.37. The zero-order chi connectivity index (χ0) is 44.1. The molecule has 60 heavy (non-hydrogen) atoms. The van der Waals surface area contributed by atoms with Gasteiger partial charge in [0.05, 0.1) is 34.4 Å². The monoisotopic (exact) mass is 868 g/mol. The standard InChI is InChI=1S/C51H98NO7P/c1-6-8-10-12-14-16-18-20-22-24-25-26-27-28-30-32-34-36-38-40-42-44-51(53)59-50(49-58-60(54,55)57-47-45-52(3,4)5)48-56-46-43-41-39-37-35-33-31-29-23-21-19-17-15-13-11-9-7-2/h18,20,24-25,27-28,50H,6-17,19,21-23,26,29-49H2,1-5H3/b20-18-,25-24-,28-27-. The summed E-state index contributed by atoms with van der Waals surface area (Å²) in [5.41, 5.74) is 0. The predicted molar refractivity (Wildman–Crippen MR) is 254 cm³/mol. The Bertz CT molecular complexity index is 1060. The van der Waals surface area contributed by atoms with Gasteiger partial charge in [-0.05, 0) is 51.4 Å². The zero-order valence-corrected chi connectivity index (χ0v) is 41.1. The number of esters is 1. The smallest absolute Gasteiger partial charge is 0.306 e. The van der Waals surface area contributed by atoms with Crippen LogP contribution in [0, 0.1) is 0 Å². The topological polar surface area (TPSA) is 94.1 Å². The lowest BCUT2D eigenvalue weighted by Gasteiger charge is -2.28. The number of ether oxygens (including phenoxy) is 2. The molecule has 0 saturated carbocycles. The molecule has 0 spiro atoms. The van der Waals surface area contributed by atoms with Crippen molar-refractivity contribution in [3.8, 4) is 0 Å². The number of unbranched alkanes of at least 4 members (excludes halogenated alkanes) is 27. The van der Waals surface area contributed by atoms with Gasteiger partial charge in [-0.2, -0.15) is 0 Å². The molecule has 0 aromatic rings. The zero-order valence-electron chi connectivity index (χ0n) is 40.2. The van der Waals surface area contributed by atoms with Crippen molar-refractivity contribution in [2.75, 3.05) is 54.1 Å². The van der Waals surface area contributed by atoms with E-state index in [4.69, 9.17) is 18.5 Å². The fraction of sp³-hybridized carbons (Fsp3) is 0.863. The molecule has 0 aliphatic heterocycles. The molecule has 354 valence electrons. The van der Waals surface area contributed by atoms with Crippen molar-refractivity contribution in [3.63, 3.8) is 0 Å². The van der Waals surface area contributed by atoms with E-state index in [1.807, 2.05) is 21.1 Å². The van der Waals surface area contributed by atoms with Crippen molar-refractivity contribution in [2.24, 2.45) is 0 Å². The third kappa shape index (κ3) is 47.8. The van der Waals surface area contributed by atoms with E-state index in [9.17, 15) is 14.3 Å². The number of nitrogens with zero attached hydrogens (tertiary/aromatic N) is 1. The van der Waals surface area contributed by atoms with Crippen LogP contribution in [0.15, 0.2) is 36.5 Å². The highest BCUT2D eigenvalue weighted by Crippen LogP contribution is 2.38. The number of phosphoric acid groups is 1. The summed E-state index contributed by atoms with van der Waals surface area (Å²) in [5.74, 6) is -0.343. The SMILES string of the molecule is CCCCCCC/C=C\C/C=C\C/C=C\CCCCCCCCC(=O)OC(COCCCCCCCCCCCCCCCCCCC)COP(=O)([O-])OCC[N+](C)(C)C. The second-order valence-electron chi connectivity index (χ2n) is 18.2. The van der Waals surface area contributed by atoms with Crippen LogP contribution in [-0.2, 0) is 27.9 Å². The van der Waals surface area contributed by atoms with E-state index in [2.05, 4.69) is 50.3 Å². The lowest BCUT2D eigenvalue weighted by atomic mass is 10.0. The first-order valence-electron chi connectivity index (χ1n) is 25.2. The summed E-state index contributed by atoms with van der Waals surface area (Å²) in [6.45, 7) is 5.42. The molecule has 0 heterocycles. The van der Waals surface area contributed by atoms with Gasteiger partial charge in [0, 0.05) is 13.0 Å². The summed E-state index contributed by atoms with van der Waals surface area (Å²) in [7, 11) is 1.35. The van der Waals surface area contributed by atoms with Crippen molar-refractivity contribution in [3.05, 3.63) is 36.5 Å². The normalized spacial score (nSPS) is 13.9. The Morgan fingerprint density at radius 3 is 1.37 bits per heavy atom. The third-order valence-corrected chi connectivity index (χ3v) is 11.9. The number of allylic oxidation sites excluding steroid dienone is 6. The van der Waals surface area contributed by atoms with Crippen LogP contribution in [0.1, 0.15) is 226 Å². The molecule has 0 rings (SSSR count). The van der Waals surface area contributed by atoms with Crippen LogP contribution in [0.4, 0.5) is 0 Å². The average molecular weight is 868 g/mol. The van der Waals surface area contributed by atoms with Crippen molar-refractivity contribution >= 4 is 13.8 Å². The molecule has 0 saturated heterocycles. The predicted octanol–water partition coefficient (Wildman–Crippen LogP) is 14.7. The van der Waals surface area contributed by atoms with Crippen LogP contribution in [0.3, 0.4) is 0 Å². The minimum absolute atomic E-state index is 0.0243. The van der Waals surface area contributed by atoms with Gasteiger partial charge in [0.15, 0.2) is 0 Å². The molecule has 0 radical (unpaired) electrons. The number of phosphoric ester groups is 1. The summed E-state index contributed by atoms with van der Waals surface area (Å²) in [6, 6.07) is 0. The van der Waals surface area contributed by atoms with E-state index in [1.54, 1.807) is 0 Å². The molecule has 0 amide bonds. The number of carbonyl (C=O) groups is 1. The maximum atomic E-state index is 12.7. The Kier molecular flexibility index (Phi) is 43.4. The molecule has 0 aromatic carbocycles. The number of quaternary nitrogens is 1. The summed E-state index contributed by atoms with van der Waals surface area (Å²) in [6.07, 6.45) is 53.0. The maximum absolute atomic E-state index is 12.7. The molecule has 2 unspecified atom stereocenters. The summed E-state index contributed by atoms with van der Waals surface area (Å²) in [5, 5.41) is 0. The number of likely N-dealkylation sites (N-methyl/N-ethyl adjacent to an activating group) is 1. The molecule has 0 N–H and O–H groups in total. The molecular formula is C51H98NO7P. The average Bonchev–Trinajstić information content (AvgIpc) is 3.20. The first-order chi connectivity index (χ1) is 29.1. The van der Waals surface area contributed by atoms with Crippen LogP contribution >= 0.6 is 7.82 Å². The largest absolute Gasteiger partial charge is 0.756 e. The Morgan fingerprint density at radius 2 is 0.917 bits per heavy atom. The van der Waals surface area contributed by atoms with Gasteiger partial charge in [-0.15, -0.1) is 0 Å². The van der Waals surface area contributed by atoms with Crippen molar-refractivity contribution < 1.29 is 37.3 Å². The molecule has 2 atom stereocenters. The van der Waals surface area contributed by atoms with Crippen molar-refractivity contribution in [2.45, 2.75) is 232 Å². The fourth-order valence-electron chi connectivity index (χ4n) is 7.03. The van der Waals surface area contributed by atoms with Gasteiger partial charge < -0.3 is 27.9 Å². The van der Waals surface area contributed by atoms with Gasteiger partial charge >= 0.3 is 5.97 Å². The van der Waals surface area contributed by atoms with Gasteiger partial charge in [0.1, 0.15) is 19.3 Å². The lowest BCUT2D eigenvalue weighted by molar-refractivity contribution is -0.870. The van der Waals surface area contributed by atoms with E-state index in [0.717, 1.165) is 57.8 Å². The molecule has 0 bridgehead atoms. The first kappa shape index (κ1) is 58.7. The summed E-state index contributed by atoms with van der Waals surface area (Å²) >= 11 is 0. The van der Waals surface area contributed by atoms with Crippen LogP contribution in [0.25, 0.3) is 0 Å². The van der Waals surface area contributed by atoms with E-state index in [-0.39, 0.29) is 25.8 Å². The quantitative estimate of drug-likeness (QED) is 0.0198. The maximum Gasteiger partial charge on any atom is 0.306 e. The van der Waals surface area contributed by atoms with Crippen molar-refractivity contribution in [1.82, 2.24) is 0 Å². The highest BCUT2D eigenvalue weighted by Gasteiger charge is 2.20. The Labute approximate surface area is 372 Å². The van der Waals surface area contributed by atoms with Crippen LogP contribution in [0.5, 0.6) is 0 Å². The highest BCUT2D eigenvalue weighted by molar-refractivity contribution is 7.45. The Morgan fingerprint density at radius 1 is 0.517 bits per heavy atom. The number of carbonyl (C=O) groups excluding carboxylic acids is 1. The van der Waals surface area contributed by atoms with Gasteiger partial charge in [-0.25, -0.2) is 0 Å². The molecule has 0 aliphatic carbocycles. The van der Waals surface area contributed by atoms with E-state index in [1.165, 1.54) is 148 Å². The number of hydrogen-bond acceptors (Lipinski definition) is 7. The van der Waals surface area contributed by atoms with Gasteiger partial charge in [-0.3, -0.25) is 9.36 Å². The summed E-state index contributed by atoms with van der Waals surface area (Å²) in [4.78, 5) is 25.1. The van der Waals surface area contributed by atoms with Gasteiger partial charge in [0.25, 0.3) is 7.82 Å². The fourth-order valence-corrected chi connectivity index (χ4v) is 7.75. The highest BCUT2D eigenvalue weighted by atomic mass is 31.2. The van der Waals surface area contributed by atoms with E-state index in [0.29, 0.717) is 24.1 Å². The van der Waals surface area contributed by atoms with E-state index < -0.39 is 13.9 Å². The van der Waals surface area contributed by atoms with Crippen LogP contribution < -0.4 is 4.89 Å². The van der Waals surface area contributed by atoms with Gasteiger partial charge in [0.2, 0.25) is 0 Å². The number of rotatable bonds is 47. The number of hydrogen-bond donors (Lipinski definition) is 0. The molecular weight excluding hydrogens is 770 g/mol. The molecule has 0 fully saturated rings. The third-order valence-electron chi connectivity index (χ3n) is 10.9. The Hall–Kier alpha value is -1.28. The second kappa shape index (κ2) is 44.3. The first-order valence-corrected chi connectivity index (χ1v) is 26.7. The molecule has 0 aliphatic rings. The molecule has 8 nitrogen and oxygen atoms in total. The Balaban J connectivity index is 4.18. The van der Waals surface area contributed by atoms with Crippen molar-refractivity contribution in [1.29, 1.82) is 0 Å². The van der Waals surface area contributed by atoms with Crippen LogP contribution in [-0.4, -0.2) is 70.7 Å². The summed E-state index contributed by atoms with van der Waals surface area (Å²) < 4.78 is 34.7. The second-order valence-corrected chi connectivity index (χ2v) is 19.6. The molecule has 9 heteroatoms. The van der Waals surface area contributed by atoms with Gasteiger partial charge in [-0.1, -0.05) is 204 Å². The van der Waals surface area contributed by atoms with Crippen LogP contribution in [0.2, 0.25) is 0 Å². The van der Waals surface area contributed by atoms with E-state index >= 15 is 0 Å².